The summed E-state index contributed by atoms with van der Waals surface area (Å²) in [5.41, 5.74) is 1.27. The van der Waals surface area contributed by atoms with E-state index in [1.54, 1.807) is 30.6 Å². The molecule has 3 heterocycles. The van der Waals surface area contributed by atoms with Crippen molar-refractivity contribution < 1.29 is 0 Å². The molecule has 0 aliphatic heterocycles. The van der Waals surface area contributed by atoms with Crippen LogP contribution < -0.4 is 5.56 Å². The molecule has 0 saturated carbocycles. The van der Waals surface area contributed by atoms with Crippen LogP contribution in [0.5, 0.6) is 0 Å². The van der Waals surface area contributed by atoms with Gasteiger partial charge in [-0.15, -0.1) is 0 Å². The van der Waals surface area contributed by atoms with Crippen molar-refractivity contribution in [3.8, 4) is 0 Å². The average molecular weight is 304 g/mol. The Hall–Kier alpha value is -1.85. The van der Waals surface area contributed by atoms with Crippen molar-refractivity contribution in [1.82, 2.24) is 14.4 Å². The van der Waals surface area contributed by atoms with Gasteiger partial charge in [0, 0.05) is 24.2 Å². The monoisotopic (exact) mass is 303 g/mol. The summed E-state index contributed by atoms with van der Waals surface area (Å²) >= 11 is 7.51. The predicted molar refractivity (Wildman–Crippen MR) is 80.3 cm³/mol. The summed E-state index contributed by atoms with van der Waals surface area (Å²) in [6.07, 6.45) is 3.40. The summed E-state index contributed by atoms with van der Waals surface area (Å²) in [7, 11) is 0. The summed E-state index contributed by atoms with van der Waals surface area (Å²) in [6, 6.07) is 10.6. The lowest BCUT2D eigenvalue weighted by Crippen LogP contribution is -2.14. The van der Waals surface area contributed by atoms with E-state index in [1.807, 2.05) is 12.1 Å². The molecule has 0 aromatic carbocycles. The predicted octanol–water partition coefficient (Wildman–Crippen LogP) is 3.04. The van der Waals surface area contributed by atoms with E-state index < -0.39 is 0 Å². The molecule has 20 heavy (non-hydrogen) atoms. The lowest BCUT2D eigenvalue weighted by molar-refractivity contribution is 1.01. The van der Waals surface area contributed by atoms with E-state index in [0.717, 1.165) is 5.03 Å². The van der Waals surface area contributed by atoms with Gasteiger partial charge in [0.15, 0.2) is 0 Å². The summed E-state index contributed by atoms with van der Waals surface area (Å²) in [5, 5.41) is 1.35. The van der Waals surface area contributed by atoms with E-state index in [2.05, 4.69) is 9.97 Å². The SMILES string of the molecule is O=c1cc(CSc2ncccc2Cl)nc2ccccn12. The molecule has 0 fully saturated rings. The highest BCUT2D eigenvalue weighted by Crippen LogP contribution is 2.26. The normalized spacial score (nSPS) is 10.8. The fraction of sp³-hybridized carbons (Fsp3) is 0.0714. The molecule has 0 bridgehead atoms. The third-order valence-corrected chi connectivity index (χ3v) is 4.16. The molecule has 3 aromatic heterocycles. The highest BCUT2D eigenvalue weighted by molar-refractivity contribution is 7.98. The number of fused-ring (bicyclic) bond motifs is 1. The number of halogens is 1. The summed E-state index contributed by atoms with van der Waals surface area (Å²) in [6.45, 7) is 0. The first-order valence-electron chi connectivity index (χ1n) is 5.95. The van der Waals surface area contributed by atoms with E-state index in [-0.39, 0.29) is 5.56 Å². The Morgan fingerprint density at radius 1 is 1.25 bits per heavy atom. The van der Waals surface area contributed by atoms with Gasteiger partial charge in [-0.2, -0.15) is 0 Å². The Morgan fingerprint density at radius 2 is 2.15 bits per heavy atom. The second-order valence-electron chi connectivity index (χ2n) is 4.09. The van der Waals surface area contributed by atoms with Gasteiger partial charge in [0.25, 0.3) is 5.56 Å². The molecule has 0 aliphatic carbocycles. The lowest BCUT2D eigenvalue weighted by Gasteiger charge is -2.04. The Kier molecular flexibility index (Phi) is 3.71. The molecule has 0 N–H and O–H groups in total. The van der Waals surface area contributed by atoms with Gasteiger partial charge in [-0.25, -0.2) is 9.97 Å². The Morgan fingerprint density at radius 3 is 3.00 bits per heavy atom. The molecule has 100 valence electrons. The lowest BCUT2D eigenvalue weighted by atomic mass is 10.4. The summed E-state index contributed by atoms with van der Waals surface area (Å²) in [4.78, 5) is 20.6. The van der Waals surface area contributed by atoms with Crippen LogP contribution in [0.15, 0.2) is 58.6 Å². The minimum absolute atomic E-state index is 0.0849. The third kappa shape index (κ3) is 2.69. The van der Waals surface area contributed by atoms with Gasteiger partial charge in [-0.3, -0.25) is 9.20 Å². The second kappa shape index (κ2) is 5.64. The number of pyridine rings is 2. The summed E-state index contributed by atoms with van der Waals surface area (Å²) in [5.74, 6) is 0.553. The van der Waals surface area contributed by atoms with Crippen LogP contribution in [-0.2, 0) is 5.75 Å². The smallest absolute Gasteiger partial charge is 0.258 e. The molecule has 6 heteroatoms. The maximum atomic E-state index is 11.9. The molecule has 0 atom stereocenters. The van der Waals surface area contributed by atoms with Crippen molar-refractivity contribution in [2.24, 2.45) is 0 Å². The quantitative estimate of drug-likeness (QED) is 0.698. The van der Waals surface area contributed by atoms with Gasteiger partial charge in [0.05, 0.1) is 10.7 Å². The zero-order chi connectivity index (χ0) is 13.9. The molecule has 0 unspecified atom stereocenters. The van der Waals surface area contributed by atoms with Crippen molar-refractivity contribution in [3.05, 3.63) is 69.9 Å². The Labute approximate surface area is 124 Å². The standard InChI is InChI=1S/C14H10ClN3OS/c15-11-4-3-6-16-14(11)20-9-10-8-13(19)18-7-2-1-5-12(18)17-10/h1-8H,9H2. The molecule has 0 radical (unpaired) electrons. The van der Waals surface area contributed by atoms with Crippen molar-refractivity contribution in [1.29, 1.82) is 0 Å². The van der Waals surface area contributed by atoms with Crippen LogP contribution in [0.2, 0.25) is 5.02 Å². The first kappa shape index (κ1) is 13.1. The maximum Gasteiger partial charge on any atom is 0.258 e. The highest BCUT2D eigenvalue weighted by atomic mass is 35.5. The van der Waals surface area contributed by atoms with Crippen LogP contribution in [0.1, 0.15) is 5.69 Å². The number of nitrogens with zero attached hydrogens (tertiary/aromatic N) is 3. The van der Waals surface area contributed by atoms with Crippen LogP contribution in [-0.4, -0.2) is 14.4 Å². The Bertz CT molecular complexity index is 819. The molecule has 0 spiro atoms. The maximum absolute atomic E-state index is 11.9. The van der Waals surface area contributed by atoms with Crippen molar-refractivity contribution in [2.75, 3.05) is 0 Å². The molecule has 3 rings (SSSR count). The zero-order valence-electron chi connectivity index (χ0n) is 10.4. The Balaban J connectivity index is 1.88. The fourth-order valence-corrected chi connectivity index (χ4v) is 2.86. The molecular formula is C14H10ClN3OS. The van der Waals surface area contributed by atoms with Crippen LogP contribution in [0.3, 0.4) is 0 Å². The largest absolute Gasteiger partial charge is 0.269 e. The minimum Gasteiger partial charge on any atom is -0.269 e. The van der Waals surface area contributed by atoms with Gasteiger partial charge in [0.1, 0.15) is 10.7 Å². The van der Waals surface area contributed by atoms with E-state index in [1.165, 1.54) is 22.2 Å². The van der Waals surface area contributed by atoms with E-state index in [0.29, 0.717) is 22.1 Å². The molecular weight excluding hydrogens is 294 g/mol. The van der Waals surface area contributed by atoms with Crippen molar-refractivity contribution in [3.63, 3.8) is 0 Å². The van der Waals surface area contributed by atoms with Crippen molar-refractivity contribution in [2.45, 2.75) is 10.8 Å². The molecule has 0 amide bonds. The van der Waals surface area contributed by atoms with Gasteiger partial charge >= 0.3 is 0 Å². The summed E-state index contributed by atoms with van der Waals surface area (Å²) < 4.78 is 1.52. The van der Waals surface area contributed by atoms with Crippen LogP contribution in [0, 0.1) is 0 Å². The minimum atomic E-state index is -0.0849. The number of hydrogen-bond donors (Lipinski definition) is 0. The average Bonchev–Trinajstić information content (AvgIpc) is 2.46. The first-order chi connectivity index (χ1) is 9.74. The van der Waals surface area contributed by atoms with Gasteiger partial charge in [-0.05, 0) is 24.3 Å². The number of aromatic nitrogens is 3. The van der Waals surface area contributed by atoms with Crippen LogP contribution in [0.4, 0.5) is 0 Å². The molecule has 0 saturated heterocycles. The fourth-order valence-electron chi connectivity index (χ4n) is 1.80. The van der Waals surface area contributed by atoms with E-state index in [4.69, 9.17) is 11.6 Å². The molecule has 3 aromatic rings. The third-order valence-electron chi connectivity index (χ3n) is 2.71. The highest BCUT2D eigenvalue weighted by Gasteiger charge is 2.05. The second-order valence-corrected chi connectivity index (χ2v) is 5.46. The number of hydrogen-bond acceptors (Lipinski definition) is 4. The van der Waals surface area contributed by atoms with E-state index >= 15 is 0 Å². The van der Waals surface area contributed by atoms with Crippen molar-refractivity contribution >= 4 is 29.0 Å². The number of rotatable bonds is 3. The number of thioether (sulfide) groups is 1. The van der Waals surface area contributed by atoms with Gasteiger partial charge in [-0.1, -0.05) is 29.4 Å². The zero-order valence-corrected chi connectivity index (χ0v) is 11.9. The molecule has 0 aliphatic rings. The topological polar surface area (TPSA) is 47.3 Å². The van der Waals surface area contributed by atoms with Gasteiger partial charge < -0.3 is 0 Å². The van der Waals surface area contributed by atoms with Gasteiger partial charge in [0.2, 0.25) is 0 Å². The van der Waals surface area contributed by atoms with Crippen LogP contribution in [0.25, 0.3) is 5.65 Å². The molecule has 4 nitrogen and oxygen atoms in total. The van der Waals surface area contributed by atoms with Crippen LogP contribution >= 0.6 is 23.4 Å². The van der Waals surface area contributed by atoms with E-state index in [9.17, 15) is 4.79 Å². The first-order valence-corrected chi connectivity index (χ1v) is 7.31.